The van der Waals surface area contributed by atoms with E-state index in [4.69, 9.17) is 11.6 Å². The van der Waals surface area contributed by atoms with Crippen molar-refractivity contribution < 1.29 is 18.3 Å². The van der Waals surface area contributed by atoms with E-state index in [0.29, 0.717) is 0 Å². The smallest absolute Gasteiger partial charge is 0.282 e. The van der Waals surface area contributed by atoms with Crippen molar-refractivity contribution in [3.63, 3.8) is 0 Å². The zero-order valence-corrected chi connectivity index (χ0v) is 13.7. The Kier molecular flexibility index (Phi) is 4.13. The van der Waals surface area contributed by atoms with Gasteiger partial charge in [0.2, 0.25) is 0 Å². The molecule has 3 rings (SSSR count). The highest BCUT2D eigenvalue weighted by molar-refractivity contribution is 7.89. The summed E-state index contributed by atoms with van der Waals surface area (Å²) in [6.07, 6.45) is 2.23. The van der Waals surface area contributed by atoms with E-state index in [1.54, 1.807) is 18.2 Å². The molecule has 0 unspecified atom stereocenters. The topological polar surface area (TPSA) is 89.3 Å². The number of carbonyl (C=O) groups is 1. The van der Waals surface area contributed by atoms with E-state index in [1.807, 2.05) is 0 Å². The first kappa shape index (κ1) is 16.2. The standard InChI is InChI=1S/C16H11ClN2O4S/c17-12-6-7-15(20)14(8-12)16(21)11-9-18-19(10-11)24(22,23)13-4-2-1-3-5-13/h1-10,20H. The number of hydrogen-bond donors (Lipinski definition) is 1. The molecule has 0 radical (unpaired) electrons. The van der Waals surface area contributed by atoms with Crippen LogP contribution in [0.1, 0.15) is 15.9 Å². The Morgan fingerprint density at radius 1 is 1.12 bits per heavy atom. The SMILES string of the molecule is O=C(c1cnn(S(=O)(=O)c2ccccc2)c1)c1cc(Cl)ccc1O. The van der Waals surface area contributed by atoms with Gasteiger partial charge in [-0.2, -0.15) is 17.6 Å². The predicted octanol–water partition coefficient (Wildman–Crippen LogP) is 2.71. The maximum Gasteiger partial charge on any atom is 0.282 e. The van der Waals surface area contributed by atoms with Gasteiger partial charge in [-0.1, -0.05) is 29.8 Å². The molecule has 6 nitrogen and oxygen atoms in total. The minimum atomic E-state index is -3.89. The van der Waals surface area contributed by atoms with Crippen LogP contribution in [0.25, 0.3) is 0 Å². The van der Waals surface area contributed by atoms with Gasteiger partial charge in [-0.25, -0.2) is 0 Å². The number of hydrogen-bond acceptors (Lipinski definition) is 5. The number of nitrogens with zero attached hydrogens (tertiary/aromatic N) is 2. The van der Waals surface area contributed by atoms with Gasteiger partial charge in [0.1, 0.15) is 5.75 Å². The molecule has 0 aliphatic rings. The second kappa shape index (κ2) is 6.10. The Hall–Kier alpha value is -2.64. The lowest BCUT2D eigenvalue weighted by Gasteiger charge is -2.04. The minimum Gasteiger partial charge on any atom is -0.507 e. The zero-order chi connectivity index (χ0) is 17.3. The predicted molar refractivity (Wildman–Crippen MR) is 87.8 cm³/mol. The Balaban J connectivity index is 1.99. The summed E-state index contributed by atoms with van der Waals surface area (Å²) in [5.74, 6) is -0.826. The molecule has 0 atom stereocenters. The molecule has 0 spiro atoms. The summed E-state index contributed by atoms with van der Waals surface area (Å²) in [7, 11) is -3.89. The van der Waals surface area contributed by atoms with E-state index in [9.17, 15) is 18.3 Å². The van der Waals surface area contributed by atoms with Gasteiger partial charge in [-0.15, -0.1) is 0 Å². The van der Waals surface area contributed by atoms with Crippen LogP contribution in [0.4, 0.5) is 0 Å². The summed E-state index contributed by atoms with van der Waals surface area (Å²) in [4.78, 5) is 12.5. The largest absolute Gasteiger partial charge is 0.507 e. The van der Waals surface area contributed by atoms with E-state index in [1.165, 1.54) is 30.3 Å². The number of rotatable bonds is 4. The average molecular weight is 363 g/mol. The lowest BCUT2D eigenvalue weighted by Crippen LogP contribution is -2.13. The molecule has 0 aliphatic heterocycles. The number of aromatic hydroxyl groups is 1. The van der Waals surface area contributed by atoms with Crippen molar-refractivity contribution in [3.8, 4) is 5.75 Å². The Bertz CT molecular complexity index is 1010. The number of phenolic OH excluding ortho intramolecular Hbond substituents is 1. The lowest BCUT2D eigenvalue weighted by molar-refractivity contribution is 0.103. The van der Waals surface area contributed by atoms with E-state index >= 15 is 0 Å². The lowest BCUT2D eigenvalue weighted by atomic mass is 10.1. The molecule has 1 aromatic heterocycles. The van der Waals surface area contributed by atoms with Gasteiger partial charge < -0.3 is 5.11 Å². The summed E-state index contributed by atoms with van der Waals surface area (Å²) >= 11 is 5.83. The molecule has 0 aliphatic carbocycles. The summed E-state index contributed by atoms with van der Waals surface area (Å²) < 4.78 is 25.6. The van der Waals surface area contributed by atoms with Crippen molar-refractivity contribution in [1.29, 1.82) is 0 Å². The molecule has 0 saturated heterocycles. The second-order valence-electron chi connectivity index (χ2n) is 4.91. The Morgan fingerprint density at radius 3 is 2.54 bits per heavy atom. The monoisotopic (exact) mass is 362 g/mol. The first-order valence-corrected chi connectivity index (χ1v) is 8.60. The van der Waals surface area contributed by atoms with Crippen LogP contribution in [-0.2, 0) is 10.0 Å². The van der Waals surface area contributed by atoms with Gasteiger partial charge in [-0.05, 0) is 30.3 Å². The van der Waals surface area contributed by atoms with Crippen molar-refractivity contribution in [3.05, 3.63) is 77.1 Å². The maximum atomic E-state index is 12.4. The first-order chi connectivity index (χ1) is 11.4. The fraction of sp³-hybridized carbons (Fsp3) is 0. The number of carbonyl (C=O) groups excluding carboxylic acids is 1. The van der Waals surface area contributed by atoms with Crippen molar-refractivity contribution in [1.82, 2.24) is 9.19 Å². The fourth-order valence-corrected chi connectivity index (χ4v) is 3.41. The van der Waals surface area contributed by atoms with Gasteiger partial charge in [0, 0.05) is 5.02 Å². The minimum absolute atomic E-state index is 0.0204. The summed E-state index contributed by atoms with van der Waals surface area (Å²) in [5, 5.41) is 13.8. The third-order valence-electron chi connectivity index (χ3n) is 3.31. The zero-order valence-electron chi connectivity index (χ0n) is 12.1. The van der Waals surface area contributed by atoms with Crippen LogP contribution in [0, 0.1) is 0 Å². The Labute approximate surface area is 143 Å². The van der Waals surface area contributed by atoms with Gasteiger partial charge >= 0.3 is 0 Å². The molecule has 0 fully saturated rings. The Morgan fingerprint density at radius 2 is 1.83 bits per heavy atom. The van der Waals surface area contributed by atoms with Crippen LogP contribution >= 0.6 is 11.6 Å². The molecule has 122 valence electrons. The quantitative estimate of drug-likeness (QED) is 0.721. The number of aromatic nitrogens is 2. The van der Waals surface area contributed by atoms with Crippen LogP contribution < -0.4 is 0 Å². The average Bonchev–Trinajstić information content (AvgIpc) is 3.08. The van der Waals surface area contributed by atoms with Gasteiger partial charge in [0.15, 0.2) is 5.78 Å². The molecule has 2 aromatic carbocycles. The number of ketones is 1. The van der Waals surface area contributed by atoms with Gasteiger partial charge in [0.25, 0.3) is 10.0 Å². The fourth-order valence-electron chi connectivity index (χ4n) is 2.10. The van der Waals surface area contributed by atoms with E-state index in [-0.39, 0.29) is 26.8 Å². The molecule has 8 heteroatoms. The van der Waals surface area contributed by atoms with Crippen LogP contribution in [0.5, 0.6) is 5.75 Å². The highest BCUT2D eigenvalue weighted by Crippen LogP contribution is 2.24. The number of phenols is 1. The van der Waals surface area contributed by atoms with E-state index < -0.39 is 15.8 Å². The van der Waals surface area contributed by atoms with Crippen molar-refractivity contribution in [2.45, 2.75) is 4.90 Å². The maximum absolute atomic E-state index is 12.4. The van der Waals surface area contributed by atoms with Crippen molar-refractivity contribution >= 4 is 27.4 Å². The third-order valence-corrected chi connectivity index (χ3v) is 5.11. The molecule has 0 bridgehead atoms. The third kappa shape index (κ3) is 2.91. The highest BCUT2D eigenvalue weighted by atomic mass is 35.5. The van der Waals surface area contributed by atoms with Gasteiger partial charge in [-0.3, -0.25) is 4.79 Å². The van der Waals surface area contributed by atoms with Crippen LogP contribution in [-0.4, -0.2) is 28.5 Å². The highest BCUT2D eigenvalue weighted by Gasteiger charge is 2.21. The second-order valence-corrected chi connectivity index (χ2v) is 7.14. The molecule has 0 saturated carbocycles. The van der Waals surface area contributed by atoms with Crippen LogP contribution in [0.3, 0.4) is 0 Å². The normalized spacial score (nSPS) is 11.4. The molecule has 1 N–H and O–H groups in total. The number of benzene rings is 2. The molecular formula is C16H11ClN2O4S. The molecular weight excluding hydrogens is 352 g/mol. The summed E-state index contributed by atoms with van der Waals surface area (Å²) in [6.45, 7) is 0. The van der Waals surface area contributed by atoms with Crippen LogP contribution in [0.15, 0.2) is 65.8 Å². The first-order valence-electron chi connectivity index (χ1n) is 6.78. The van der Waals surface area contributed by atoms with Gasteiger partial charge in [0.05, 0.1) is 28.4 Å². The van der Waals surface area contributed by atoms with Crippen molar-refractivity contribution in [2.24, 2.45) is 0 Å². The summed E-state index contributed by atoms with van der Waals surface area (Å²) in [6, 6.07) is 11.8. The van der Waals surface area contributed by atoms with Crippen molar-refractivity contribution in [2.75, 3.05) is 0 Å². The molecule has 1 heterocycles. The summed E-state index contributed by atoms with van der Waals surface area (Å²) in [5.41, 5.74) is -0.00812. The van der Waals surface area contributed by atoms with E-state index in [0.717, 1.165) is 16.5 Å². The van der Waals surface area contributed by atoms with Crippen LogP contribution in [0.2, 0.25) is 5.02 Å². The molecule has 3 aromatic rings. The van der Waals surface area contributed by atoms with E-state index in [2.05, 4.69) is 5.10 Å². The number of halogens is 1. The molecule has 0 amide bonds. The molecule has 24 heavy (non-hydrogen) atoms.